The maximum absolute atomic E-state index is 5.65. The minimum atomic E-state index is 0.219. The van der Waals surface area contributed by atoms with E-state index >= 15 is 0 Å². The van der Waals surface area contributed by atoms with Crippen LogP contribution < -0.4 is 15.0 Å². The number of aryl methyl sites for hydroxylation is 1. The van der Waals surface area contributed by atoms with Gasteiger partial charge in [-0.2, -0.15) is 5.10 Å². The van der Waals surface area contributed by atoms with Crippen LogP contribution in [0.3, 0.4) is 0 Å². The highest BCUT2D eigenvalue weighted by Crippen LogP contribution is 2.26. The van der Waals surface area contributed by atoms with Crippen LogP contribution in [0.4, 0.5) is 5.95 Å². The largest absolute Gasteiger partial charge is 0.494 e. The molecule has 2 aromatic carbocycles. The van der Waals surface area contributed by atoms with Gasteiger partial charge in [-0.3, -0.25) is 4.68 Å². The zero-order valence-corrected chi connectivity index (χ0v) is 19.9. The smallest absolute Gasteiger partial charge is 0.226 e. The number of piperidine rings is 1. The maximum atomic E-state index is 5.65. The van der Waals surface area contributed by atoms with Crippen molar-refractivity contribution in [1.29, 1.82) is 0 Å². The van der Waals surface area contributed by atoms with Crippen LogP contribution in [0.5, 0.6) is 5.75 Å². The van der Waals surface area contributed by atoms with Crippen molar-refractivity contribution in [3.05, 3.63) is 78.2 Å². The van der Waals surface area contributed by atoms with Gasteiger partial charge in [-0.1, -0.05) is 30.3 Å². The molecule has 0 radical (unpaired) electrons. The third-order valence-corrected chi connectivity index (χ3v) is 6.50. The van der Waals surface area contributed by atoms with Gasteiger partial charge in [0, 0.05) is 36.9 Å². The molecule has 2 aromatic heterocycles. The minimum absolute atomic E-state index is 0.219. The molecule has 0 bridgehead atoms. The summed E-state index contributed by atoms with van der Waals surface area (Å²) in [7, 11) is 0. The predicted molar refractivity (Wildman–Crippen MR) is 135 cm³/mol. The maximum Gasteiger partial charge on any atom is 0.226 e. The molecule has 1 fully saturated rings. The number of fused-ring (bicyclic) bond motifs is 1. The molecule has 0 aliphatic carbocycles. The Morgan fingerprint density at radius 3 is 2.62 bits per heavy atom. The van der Waals surface area contributed by atoms with Crippen molar-refractivity contribution in [3.63, 3.8) is 0 Å². The Balaban J connectivity index is 1.26. The van der Waals surface area contributed by atoms with Gasteiger partial charge in [0.05, 0.1) is 30.4 Å². The summed E-state index contributed by atoms with van der Waals surface area (Å²) in [5, 5.41) is 9.37. The molecule has 5 rings (SSSR count). The lowest BCUT2D eigenvalue weighted by molar-refractivity contribution is 0.338. The summed E-state index contributed by atoms with van der Waals surface area (Å²) in [5.74, 6) is 1.69. The number of nitrogens with one attached hydrogen (secondary N) is 1. The van der Waals surface area contributed by atoms with Crippen LogP contribution in [0.25, 0.3) is 10.9 Å². The summed E-state index contributed by atoms with van der Waals surface area (Å²) < 4.78 is 7.65. The van der Waals surface area contributed by atoms with Gasteiger partial charge in [-0.15, -0.1) is 0 Å². The third kappa shape index (κ3) is 5.04. The molecular weight excluding hydrogens is 424 g/mol. The first-order chi connectivity index (χ1) is 16.7. The SMILES string of the molecule is CCOc1ccc2nc(N3CCC(N[C@@H](Cn4cccn4)c4ccccc4)CC3)nc(C)c2c1. The molecule has 34 heavy (non-hydrogen) atoms. The van der Waals surface area contributed by atoms with E-state index in [1.165, 1.54) is 5.56 Å². The Morgan fingerprint density at radius 1 is 1.06 bits per heavy atom. The summed E-state index contributed by atoms with van der Waals surface area (Å²) in [4.78, 5) is 12.0. The zero-order chi connectivity index (χ0) is 23.3. The molecule has 7 heteroatoms. The monoisotopic (exact) mass is 456 g/mol. The van der Waals surface area contributed by atoms with E-state index in [4.69, 9.17) is 14.7 Å². The highest BCUT2D eigenvalue weighted by Gasteiger charge is 2.24. The van der Waals surface area contributed by atoms with Gasteiger partial charge in [0.1, 0.15) is 5.75 Å². The fraction of sp³-hybridized carbons (Fsp3) is 0.370. The Hall–Kier alpha value is -3.45. The average molecular weight is 457 g/mol. The first-order valence-corrected chi connectivity index (χ1v) is 12.1. The summed E-state index contributed by atoms with van der Waals surface area (Å²) in [6, 6.07) is 19.4. The molecule has 3 heterocycles. The first kappa shape index (κ1) is 22.3. The number of hydrogen-bond donors (Lipinski definition) is 1. The standard InChI is InChI=1S/C27H32N6O/c1-3-34-23-10-11-25-24(18-23)20(2)29-27(31-25)32-16-12-22(13-17-32)30-26(19-33-15-7-14-28-33)21-8-5-4-6-9-21/h4-11,14-15,18,22,26,30H,3,12-13,16-17,19H2,1-2H3/t26-/m0/s1. The molecule has 0 spiro atoms. The van der Waals surface area contributed by atoms with Crippen LogP contribution in [-0.2, 0) is 6.54 Å². The predicted octanol–water partition coefficient (Wildman–Crippen LogP) is 4.53. The van der Waals surface area contributed by atoms with Crippen molar-refractivity contribution in [1.82, 2.24) is 25.1 Å². The zero-order valence-electron chi connectivity index (χ0n) is 19.9. The highest BCUT2D eigenvalue weighted by atomic mass is 16.5. The molecule has 1 aliphatic rings. The van der Waals surface area contributed by atoms with E-state index in [-0.39, 0.29) is 6.04 Å². The van der Waals surface area contributed by atoms with E-state index in [1.54, 1.807) is 0 Å². The third-order valence-electron chi connectivity index (χ3n) is 6.50. The second-order valence-corrected chi connectivity index (χ2v) is 8.84. The number of benzene rings is 2. The normalized spacial score (nSPS) is 15.5. The molecular formula is C27H32N6O. The van der Waals surface area contributed by atoms with E-state index < -0.39 is 0 Å². The van der Waals surface area contributed by atoms with Crippen molar-refractivity contribution in [3.8, 4) is 5.75 Å². The molecule has 7 nitrogen and oxygen atoms in total. The average Bonchev–Trinajstić information content (AvgIpc) is 3.38. The number of aromatic nitrogens is 4. The van der Waals surface area contributed by atoms with Crippen molar-refractivity contribution in [2.24, 2.45) is 0 Å². The highest BCUT2D eigenvalue weighted by molar-refractivity contribution is 5.83. The van der Waals surface area contributed by atoms with Gasteiger partial charge in [0.15, 0.2) is 0 Å². The second-order valence-electron chi connectivity index (χ2n) is 8.84. The van der Waals surface area contributed by atoms with Crippen molar-refractivity contribution >= 4 is 16.9 Å². The van der Waals surface area contributed by atoms with Crippen LogP contribution in [0.2, 0.25) is 0 Å². The lowest BCUT2D eigenvalue weighted by Crippen LogP contribution is -2.45. The topological polar surface area (TPSA) is 68.1 Å². The summed E-state index contributed by atoms with van der Waals surface area (Å²) >= 11 is 0. The minimum Gasteiger partial charge on any atom is -0.494 e. The van der Waals surface area contributed by atoms with Crippen molar-refractivity contribution in [2.75, 3.05) is 24.6 Å². The van der Waals surface area contributed by atoms with Crippen LogP contribution in [0.1, 0.15) is 37.1 Å². The molecule has 1 atom stereocenters. The van der Waals surface area contributed by atoms with E-state index in [9.17, 15) is 0 Å². The first-order valence-electron chi connectivity index (χ1n) is 12.1. The summed E-state index contributed by atoms with van der Waals surface area (Å²) in [6.07, 6.45) is 5.96. The Kier molecular flexibility index (Phi) is 6.72. The van der Waals surface area contributed by atoms with E-state index in [1.807, 2.05) is 48.3 Å². The Bertz CT molecular complexity index is 1200. The molecule has 176 valence electrons. The number of rotatable bonds is 8. The fourth-order valence-electron chi connectivity index (χ4n) is 4.71. The molecule has 4 aromatic rings. The molecule has 0 unspecified atom stereocenters. The number of hydrogen-bond acceptors (Lipinski definition) is 6. The molecule has 0 saturated carbocycles. The van der Waals surface area contributed by atoms with Gasteiger partial charge >= 0.3 is 0 Å². The van der Waals surface area contributed by atoms with Gasteiger partial charge in [0.2, 0.25) is 5.95 Å². The van der Waals surface area contributed by atoms with Gasteiger partial charge in [-0.05, 0) is 56.5 Å². The summed E-state index contributed by atoms with van der Waals surface area (Å²) in [6.45, 7) is 7.38. The quantitative estimate of drug-likeness (QED) is 0.420. The Morgan fingerprint density at radius 2 is 1.88 bits per heavy atom. The van der Waals surface area contributed by atoms with E-state index in [0.29, 0.717) is 12.6 Å². The van der Waals surface area contributed by atoms with Crippen LogP contribution in [0, 0.1) is 6.92 Å². The Labute approximate surface area is 200 Å². The van der Waals surface area contributed by atoms with Gasteiger partial charge in [-0.25, -0.2) is 9.97 Å². The van der Waals surface area contributed by atoms with Gasteiger partial charge in [0.25, 0.3) is 0 Å². The fourth-order valence-corrected chi connectivity index (χ4v) is 4.71. The lowest BCUT2D eigenvalue weighted by Gasteiger charge is -2.35. The van der Waals surface area contributed by atoms with E-state index in [0.717, 1.165) is 60.8 Å². The van der Waals surface area contributed by atoms with E-state index in [2.05, 4.69) is 52.6 Å². The second kappa shape index (κ2) is 10.2. The van der Waals surface area contributed by atoms with Crippen LogP contribution in [-0.4, -0.2) is 45.5 Å². The number of nitrogens with zero attached hydrogens (tertiary/aromatic N) is 5. The van der Waals surface area contributed by atoms with Crippen molar-refractivity contribution < 1.29 is 4.74 Å². The molecule has 0 amide bonds. The molecule has 1 aliphatic heterocycles. The molecule has 1 saturated heterocycles. The molecule has 1 N–H and O–H groups in total. The van der Waals surface area contributed by atoms with Gasteiger partial charge < -0.3 is 15.0 Å². The van der Waals surface area contributed by atoms with Crippen LogP contribution in [0.15, 0.2) is 67.0 Å². The number of ether oxygens (including phenoxy) is 1. The summed E-state index contributed by atoms with van der Waals surface area (Å²) in [5.41, 5.74) is 3.25. The van der Waals surface area contributed by atoms with Crippen LogP contribution >= 0.6 is 0 Å². The lowest BCUT2D eigenvalue weighted by atomic mass is 10.0. The number of anilines is 1. The van der Waals surface area contributed by atoms with Crippen molar-refractivity contribution in [2.45, 2.75) is 45.3 Å².